The van der Waals surface area contributed by atoms with Crippen LogP contribution < -0.4 is 10.6 Å². The number of hydrogen-bond acceptors (Lipinski definition) is 3. The van der Waals surface area contributed by atoms with Crippen LogP contribution in [-0.4, -0.2) is 34.1 Å². The quantitative estimate of drug-likeness (QED) is 0.830. The van der Waals surface area contributed by atoms with Crippen LogP contribution in [0.25, 0.3) is 0 Å². The van der Waals surface area contributed by atoms with E-state index >= 15 is 0 Å². The maximum atomic E-state index is 12.7. The molecule has 0 aromatic carbocycles. The van der Waals surface area contributed by atoms with Crippen LogP contribution in [0.5, 0.6) is 0 Å². The fraction of sp³-hybridized carbons (Fsp3) is 0.474. The second-order valence-electron chi connectivity index (χ2n) is 6.74. The molecule has 2 atom stereocenters. The Hall–Kier alpha value is -1.56. The monoisotopic (exact) mass is 398 g/mol. The summed E-state index contributed by atoms with van der Waals surface area (Å²) in [7, 11) is 0. The maximum Gasteiger partial charge on any atom is 0.253 e. The molecule has 1 aliphatic rings. The van der Waals surface area contributed by atoms with Crippen LogP contribution >= 0.6 is 24.8 Å². The van der Waals surface area contributed by atoms with Gasteiger partial charge in [0.15, 0.2) is 0 Å². The number of hydrogen-bond donors (Lipinski definition) is 2. The summed E-state index contributed by atoms with van der Waals surface area (Å²) in [4.78, 5) is 17.1. The molecule has 0 spiro atoms. The third kappa shape index (κ3) is 5.22. The lowest BCUT2D eigenvalue weighted by Gasteiger charge is -2.28. The van der Waals surface area contributed by atoms with Gasteiger partial charge in [-0.2, -0.15) is 0 Å². The van der Waals surface area contributed by atoms with E-state index in [1.54, 1.807) is 6.20 Å². The molecule has 2 N–H and O–H groups in total. The number of carbonyl (C=O) groups is 1. The summed E-state index contributed by atoms with van der Waals surface area (Å²) in [6, 6.07) is 8.61. The third-order valence-corrected chi connectivity index (χ3v) is 4.82. The first kappa shape index (κ1) is 22.5. The fourth-order valence-electron chi connectivity index (χ4n) is 3.45. The molecule has 0 saturated carbocycles. The zero-order valence-corrected chi connectivity index (χ0v) is 17.1. The Morgan fingerprint density at radius 1 is 1.35 bits per heavy atom. The zero-order chi connectivity index (χ0) is 17.1. The molecule has 144 valence electrons. The number of carbonyl (C=O) groups excluding carboxylic acids is 1. The van der Waals surface area contributed by atoms with Crippen molar-refractivity contribution in [1.82, 2.24) is 20.2 Å². The summed E-state index contributed by atoms with van der Waals surface area (Å²) in [5.41, 5.74) is 3.85. The predicted octanol–water partition coefficient (Wildman–Crippen LogP) is 3.26. The number of nitrogens with zero attached hydrogens (tertiary/aromatic N) is 2. The minimum absolute atomic E-state index is 0. The van der Waals surface area contributed by atoms with Crippen LogP contribution in [0.15, 0.2) is 30.5 Å². The third-order valence-electron chi connectivity index (χ3n) is 4.82. The van der Waals surface area contributed by atoms with E-state index < -0.39 is 0 Å². The molecule has 1 saturated heterocycles. The summed E-state index contributed by atoms with van der Waals surface area (Å²) in [6.45, 7) is 7.87. The molecular weight excluding hydrogens is 371 g/mol. The first-order valence-corrected chi connectivity index (χ1v) is 8.65. The molecule has 2 aromatic heterocycles. The molecule has 0 aliphatic carbocycles. The average Bonchev–Trinajstić information content (AvgIpc) is 2.84. The number of halogens is 2. The lowest BCUT2D eigenvalue weighted by Crippen LogP contribution is -2.46. The standard InChI is InChI=1S/C19H26N4O.2ClH/c1-13-10-16(7-9-20-13)22-19(24)18-11-14(2)23(15(18)3)12-17-6-4-5-8-21-17;;/h4-6,8,11,13,16,20H,7,9-10,12H2,1-3H3,(H,22,24);2*1H. The lowest BCUT2D eigenvalue weighted by atomic mass is 10.0. The lowest BCUT2D eigenvalue weighted by molar-refractivity contribution is 0.0925. The van der Waals surface area contributed by atoms with Gasteiger partial charge in [-0.15, -0.1) is 24.8 Å². The second-order valence-corrected chi connectivity index (χ2v) is 6.74. The first-order chi connectivity index (χ1) is 11.5. The Kier molecular flexibility index (Phi) is 8.60. The van der Waals surface area contributed by atoms with Crippen molar-refractivity contribution in [2.75, 3.05) is 6.54 Å². The van der Waals surface area contributed by atoms with Crippen molar-refractivity contribution in [3.05, 3.63) is 53.1 Å². The molecule has 0 bridgehead atoms. The average molecular weight is 399 g/mol. The molecule has 5 nitrogen and oxygen atoms in total. The largest absolute Gasteiger partial charge is 0.349 e. The highest BCUT2D eigenvalue weighted by Gasteiger charge is 2.22. The van der Waals surface area contributed by atoms with Gasteiger partial charge in [-0.3, -0.25) is 9.78 Å². The molecule has 3 rings (SSSR count). The fourth-order valence-corrected chi connectivity index (χ4v) is 3.45. The Labute approximate surface area is 167 Å². The van der Waals surface area contributed by atoms with Gasteiger partial charge in [0.05, 0.1) is 17.8 Å². The minimum atomic E-state index is 0. The highest BCUT2D eigenvalue weighted by atomic mass is 35.5. The van der Waals surface area contributed by atoms with Crippen molar-refractivity contribution >= 4 is 30.7 Å². The summed E-state index contributed by atoms with van der Waals surface area (Å²) in [5, 5.41) is 6.62. The Bertz CT molecular complexity index is 718. The van der Waals surface area contributed by atoms with E-state index in [1.807, 2.05) is 38.1 Å². The van der Waals surface area contributed by atoms with Crippen molar-refractivity contribution in [2.24, 2.45) is 0 Å². The highest BCUT2D eigenvalue weighted by Crippen LogP contribution is 2.18. The van der Waals surface area contributed by atoms with Crippen LogP contribution in [0.4, 0.5) is 0 Å². The first-order valence-electron chi connectivity index (χ1n) is 8.65. The van der Waals surface area contributed by atoms with Crippen LogP contribution in [0.3, 0.4) is 0 Å². The van der Waals surface area contributed by atoms with Crippen LogP contribution in [0.2, 0.25) is 0 Å². The van der Waals surface area contributed by atoms with Gasteiger partial charge in [0.25, 0.3) is 5.91 Å². The van der Waals surface area contributed by atoms with E-state index in [4.69, 9.17) is 0 Å². The van der Waals surface area contributed by atoms with Gasteiger partial charge in [0, 0.05) is 29.7 Å². The van der Waals surface area contributed by atoms with E-state index in [0.717, 1.165) is 42.0 Å². The van der Waals surface area contributed by atoms with Crippen LogP contribution in [0, 0.1) is 13.8 Å². The van der Waals surface area contributed by atoms with Gasteiger partial charge in [-0.1, -0.05) is 6.07 Å². The van der Waals surface area contributed by atoms with E-state index in [1.165, 1.54) is 0 Å². The van der Waals surface area contributed by atoms with Crippen molar-refractivity contribution < 1.29 is 4.79 Å². The smallest absolute Gasteiger partial charge is 0.253 e. The Morgan fingerprint density at radius 3 is 2.77 bits per heavy atom. The van der Waals surface area contributed by atoms with E-state index in [9.17, 15) is 4.79 Å². The summed E-state index contributed by atoms with van der Waals surface area (Å²) in [5.74, 6) is 0.0365. The maximum absolute atomic E-state index is 12.7. The second kappa shape index (κ2) is 9.95. The van der Waals surface area contributed by atoms with Gasteiger partial charge in [-0.05, 0) is 58.4 Å². The Morgan fingerprint density at radius 2 is 2.12 bits per heavy atom. The molecule has 1 aliphatic heterocycles. The highest BCUT2D eigenvalue weighted by molar-refractivity contribution is 5.95. The normalized spacial score (nSPS) is 19.2. The number of aromatic nitrogens is 2. The van der Waals surface area contributed by atoms with Crippen molar-refractivity contribution in [3.8, 4) is 0 Å². The molecule has 2 aromatic rings. The number of amides is 1. The zero-order valence-electron chi connectivity index (χ0n) is 15.5. The topological polar surface area (TPSA) is 59.0 Å². The summed E-state index contributed by atoms with van der Waals surface area (Å²) >= 11 is 0. The van der Waals surface area contributed by atoms with Gasteiger partial charge in [0.2, 0.25) is 0 Å². The molecular formula is C19H28Cl2N4O. The molecule has 0 radical (unpaired) electrons. The number of nitrogens with one attached hydrogen (secondary N) is 2. The number of rotatable bonds is 4. The summed E-state index contributed by atoms with van der Waals surface area (Å²) in [6.07, 6.45) is 3.77. The van der Waals surface area contributed by atoms with Gasteiger partial charge < -0.3 is 15.2 Å². The number of piperidine rings is 1. The molecule has 1 fully saturated rings. The molecule has 7 heteroatoms. The number of aryl methyl sites for hydroxylation is 1. The van der Waals surface area contributed by atoms with Gasteiger partial charge >= 0.3 is 0 Å². The molecule has 3 heterocycles. The molecule has 26 heavy (non-hydrogen) atoms. The van der Waals surface area contributed by atoms with Crippen molar-refractivity contribution in [1.29, 1.82) is 0 Å². The van der Waals surface area contributed by atoms with Crippen molar-refractivity contribution in [2.45, 2.75) is 52.2 Å². The summed E-state index contributed by atoms with van der Waals surface area (Å²) < 4.78 is 2.16. The van der Waals surface area contributed by atoms with Gasteiger partial charge in [0.1, 0.15) is 0 Å². The molecule has 1 amide bonds. The minimum Gasteiger partial charge on any atom is -0.349 e. The van der Waals surface area contributed by atoms with Crippen LogP contribution in [0.1, 0.15) is 47.2 Å². The SMILES string of the molecule is Cc1cc(C(=O)NC2CCNC(C)C2)c(C)n1Cc1ccccn1.Cl.Cl. The Balaban J connectivity index is 0.00000169. The van der Waals surface area contributed by atoms with E-state index in [0.29, 0.717) is 12.6 Å². The van der Waals surface area contributed by atoms with Gasteiger partial charge in [-0.25, -0.2) is 0 Å². The van der Waals surface area contributed by atoms with E-state index in [-0.39, 0.29) is 36.8 Å². The van der Waals surface area contributed by atoms with Crippen molar-refractivity contribution in [3.63, 3.8) is 0 Å². The van der Waals surface area contributed by atoms with E-state index in [2.05, 4.69) is 27.1 Å². The number of pyridine rings is 1. The van der Waals surface area contributed by atoms with Crippen LogP contribution in [-0.2, 0) is 6.54 Å². The molecule has 2 unspecified atom stereocenters. The predicted molar refractivity (Wildman–Crippen MR) is 110 cm³/mol.